The van der Waals surface area contributed by atoms with Crippen LogP contribution < -0.4 is 14.8 Å². The predicted molar refractivity (Wildman–Crippen MR) is 85.8 cm³/mol. The number of ether oxygens (including phenoxy) is 2. The third-order valence-corrected chi connectivity index (χ3v) is 3.57. The van der Waals surface area contributed by atoms with Gasteiger partial charge in [-0.2, -0.15) is 5.10 Å². The molecule has 1 aromatic carbocycles. The molecule has 0 unspecified atom stereocenters. The van der Waals surface area contributed by atoms with Crippen LogP contribution >= 0.6 is 0 Å². The molecule has 0 atom stereocenters. The molecule has 0 aliphatic heterocycles. The van der Waals surface area contributed by atoms with E-state index in [9.17, 15) is 4.79 Å². The fraction of sp³-hybridized carbons (Fsp3) is 0.250. The van der Waals surface area contributed by atoms with Crippen LogP contribution in [-0.2, 0) is 13.6 Å². The van der Waals surface area contributed by atoms with Crippen molar-refractivity contribution in [3.8, 4) is 11.5 Å². The van der Waals surface area contributed by atoms with Crippen molar-refractivity contribution in [2.75, 3.05) is 14.2 Å². The van der Waals surface area contributed by atoms with Crippen molar-refractivity contribution >= 4 is 16.8 Å². The maximum absolute atomic E-state index is 12.3. The highest BCUT2D eigenvalue weighted by atomic mass is 16.5. The number of methoxy groups -OCH3 is 2. The van der Waals surface area contributed by atoms with Gasteiger partial charge in [-0.1, -0.05) is 0 Å². The summed E-state index contributed by atoms with van der Waals surface area (Å²) in [6.45, 7) is 0.377. The van der Waals surface area contributed by atoms with E-state index < -0.39 is 0 Å². The van der Waals surface area contributed by atoms with E-state index in [0.29, 0.717) is 23.7 Å². The van der Waals surface area contributed by atoms with Gasteiger partial charge in [0.25, 0.3) is 5.91 Å². The normalized spacial score (nSPS) is 10.7. The van der Waals surface area contributed by atoms with Crippen LogP contribution in [0.5, 0.6) is 11.5 Å². The van der Waals surface area contributed by atoms with E-state index in [4.69, 9.17) is 9.47 Å². The minimum Gasteiger partial charge on any atom is -0.493 e. The number of benzene rings is 1. The summed E-state index contributed by atoms with van der Waals surface area (Å²) in [6, 6.07) is 7.29. The monoisotopic (exact) mass is 314 g/mol. The Bertz CT molecular complexity index is 809. The molecule has 0 saturated heterocycles. The van der Waals surface area contributed by atoms with Crippen molar-refractivity contribution in [2.45, 2.75) is 6.54 Å². The first-order valence-corrected chi connectivity index (χ1v) is 7.12. The maximum Gasteiger partial charge on any atom is 0.268 e. The summed E-state index contributed by atoms with van der Waals surface area (Å²) >= 11 is 0. The van der Waals surface area contributed by atoms with E-state index in [-0.39, 0.29) is 5.91 Å². The highest BCUT2D eigenvalue weighted by Crippen LogP contribution is 2.32. The second-order valence-electron chi connectivity index (χ2n) is 5.14. The summed E-state index contributed by atoms with van der Waals surface area (Å²) in [5, 5.41) is 7.94. The van der Waals surface area contributed by atoms with Gasteiger partial charge in [-0.05, 0) is 18.2 Å². The van der Waals surface area contributed by atoms with Gasteiger partial charge in [0.05, 0.1) is 26.5 Å². The third-order valence-electron chi connectivity index (χ3n) is 3.57. The molecule has 1 amide bonds. The number of amides is 1. The molecular formula is C16H18N4O3. The zero-order valence-corrected chi connectivity index (χ0v) is 13.2. The molecule has 3 rings (SSSR count). The number of aromatic amines is 1. The predicted octanol–water partition coefficient (Wildman–Crippen LogP) is 1.85. The number of aromatic nitrogens is 3. The standard InChI is InChI=1S/C16H18N4O3/c1-20-5-4-11(19-20)9-17-16(21)13-6-10-7-14(22-2)15(23-3)8-12(10)18-13/h4-8,18H,9H2,1-3H3,(H,17,21). The number of rotatable bonds is 5. The second kappa shape index (κ2) is 6.04. The van der Waals surface area contributed by atoms with Gasteiger partial charge < -0.3 is 19.8 Å². The zero-order valence-electron chi connectivity index (χ0n) is 13.2. The molecule has 2 N–H and O–H groups in total. The lowest BCUT2D eigenvalue weighted by Crippen LogP contribution is -2.23. The van der Waals surface area contributed by atoms with Crippen molar-refractivity contribution < 1.29 is 14.3 Å². The first-order valence-electron chi connectivity index (χ1n) is 7.12. The number of hydrogen-bond acceptors (Lipinski definition) is 4. The van der Waals surface area contributed by atoms with Crippen molar-refractivity contribution in [1.29, 1.82) is 0 Å². The molecular weight excluding hydrogens is 296 g/mol. The van der Waals surface area contributed by atoms with Gasteiger partial charge in [-0.25, -0.2) is 0 Å². The number of carbonyl (C=O) groups is 1. The van der Waals surface area contributed by atoms with Crippen LogP contribution in [0.1, 0.15) is 16.2 Å². The molecule has 7 nitrogen and oxygen atoms in total. The Hall–Kier alpha value is -2.96. The van der Waals surface area contributed by atoms with Gasteiger partial charge in [0.1, 0.15) is 5.69 Å². The summed E-state index contributed by atoms with van der Waals surface area (Å²) in [5.41, 5.74) is 2.09. The smallest absolute Gasteiger partial charge is 0.268 e. The van der Waals surface area contributed by atoms with Gasteiger partial charge in [-0.3, -0.25) is 9.48 Å². The van der Waals surface area contributed by atoms with Crippen LogP contribution in [0, 0.1) is 0 Å². The SMILES string of the molecule is COc1cc2cc(C(=O)NCc3ccn(C)n3)[nH]c2cc1OC. The maximum atomic E-state index is 12.3. The van der Waals surface area contributed by atoms with Crippen LogP contribution in [-0.4, -0.2) is 34.9 Å². The minimum atomic E-state index is -0.190. The van der Waals surface area contributed by atoms with E-state index in [0.717, 1.165) is 16.6 Å². The van der Waals surface area contributed by atoms with Crippen molar-refractivity contribution in [1.82, 2.24) is 20.1 Å². The quantitative estimate of drug-likeness (QED) is 0.753. The van der Waals surface area contributed by atoms with Gasteiger partial charge in [0.15, 0.2) is 11.5 Å². The number of H-pyrrole nitrogens is 1. The summed E-state index contributed by atoms with van der Waals surface area (Å²) in [6.07, 6.45) is 1.84. The number of hydrogen-bond donors (Lipinski definition) is 2. The lowest BCUT2D eigenvalue weighted by atomic mass is 10.2. The lowest BCUT2D eigenvalue weighted by Gasteiger charge is -2.06. The lowest BCUT2D eigenvalue weighted by molar-refractivity contribution is 0.0946. The Balaban J connectivity index is 1.80. The molecule has 7 heteroatoms. The third kappa shape index (κ3) is 2.98. The summed E-state index contributed by atoms with van der Waals surface area (Å²) in [5.74, 6) is 1.05. The molecule has 2 aromatic heterocycles. The van der Waals surface area contributed by atoms with E-state index in [2.05, 4.69) is 15.4 Å². The van der Waals surface area contributed by atoms with Crippen molar-refractivity contribution in [3.05, 3.63) is 41.9 Å². The van der Waals surface area contributed by atoms with E-state index in [1.807, 2.05) is 31.4 Å². The minimum absolute atomic E-state index is 0.190. The number of aryl methyl sites for hydroxylation is 1. The molecule has 0 fully saturated rings. The Morgan fingerprint density at radius 1 is 1.26 bits per heavy atom. The molecule has 120 valence electrons. The first-order chi connectivity index (χ1) is 11.1. The van der Waals surface area contributed by atoms with Gasteiger partial charge in [0.2, 0.25) is 0 Å². The molecule has 0 spiro atoms. The highest BCUT2D eigenvalue weighted by Gasteiger charge is 2.13. The van der Waals surface area contributed by atoms with Gasteiger partial charge in [-0.15, -0.1) is 0 Å². The number of nitrogens with one attached hydrogen (secondary N) is 2. The molecule has 0 bridgehead atoms. The Morgan fingerprint density at radius 3 is 2.65 bits per heavy atom. The van der Waals surface area contributed by atoms with Gasteiger partial charge in [0, 0.05) is 30.2 Å². The van der Waals surface area contributed by atoms with E-state index in [1.54, 1.807) is 25.0 Å². The second-order valence-corrected chi connectivity index (χ2v) is 5.14. The summed E-state index contributed by atoms with van der Waals surface area (Å²) in [7, 11) is 4.99. The van der Waals surface area contributed by atoms with E-state index in [1.165, 1.54) is 0 Å². The highest BCUT2D eigenvalue weighted by molar-refractivity contribution is 5.98. The topological polar surface area (TPSA) is 81.2 Å². The van der Waals surface area contributed by atoms with Crippen molar-refractivity contribution in [3.63, 3.8) is 0 Å². The van der Waals surface area contributed by atoms with E-state index >= 15 is 0 Å². The fourth-order valence-electron chi connectivity index (χ4n) is 2.40. The van der Waals surface area contributed by atoms with Crippen LogP contribution in [0.2, 0.25) is 0 Å². The number of carbonyl (C=O) groups excluding carboxylic acids is 1. The molecule has 0 aliphatic carbocycles. The summed E-state index contributed by atoms with van der Waals surface area (Å²) < 4.78 is 12.2. The molecule has 2 heterocycles. The number of fused-ring (bicyclic) bond motifs is 1. The molecule has 0 aliphatic rings. The average Bonchev–Trinajstić information content (AvgIpc) is 3.16. The molecule has 3 aromatic rings. The van der Waals surface area contributed by atoms with Crippen LogP contribution in [0.25, 0.3) is 10.9 Å². The van der Waals surface area contributed by atoms with Crippen LogP contribution in [0.15, 0.2) is 30.5 Å². The molecule has 0 radical (unpaired) electrons. The van der Waals surface area contributed by atoms with Crippen molar-refractivity contribution in [2.24, 2.45) is 7.05 Å². The van der Waals surface area contributed by atoms with Crippen LogP contribution in [0.3, 0.4) is 0 Å². The number of nitrogens with zero attached hydrogens (tertiary/aromatic N) is 2. The largest absolute Gasteiger partial charge is 0.493 e. The fourth-order valence-corrected chi connectivity index (χ4v) is 2.40. The first kappa shape index (κ1) is 15.0. The van der Waals surface area contributed by atoms with Crippen LogP contribution in [0.4, 0.5) is 0 Å². The zero-order chi connectivity index (χ0) is 16.4. The Labute approximate surface area is 133 Å². The molecule has 23 heavy (non-hydrogen) atoms. The Kier molecular flexibility index (Phi) is 3.92. The Morgan fingerprint density at radius 2 is 2.00 bits per heavy atom. The summed E-state index contributed by atoms with van der Waals surface area (Å²) in [4.78, 5) is 15.4. The molecule has 0 saturated carbocycles. The van der Waals surface area contributed by atoms with Gasteiger partial charge >= 0.3 is 0 Å². The average molecular weight is 314 g/mol.